The van der Waals surface area contributed by atoms with E-state index in [4.69, 9.17) is 0 Å². The van der Waals surface area contributed by atoms with Gasteiger partial charge in [-0.1, -0.05) is 78.9 Å². The number of benzene rings is 5. The van der Waals surface area contributed by atoms with Crippen LogP contribution in [0.25, 0.3) is 21.5 Å². The monoisotopic (exact) mass is 396 g/mol. The van der Waals surface area contributed by atoms with Gasteiger partial charge in [0, 0.05) is 47.6 Å². The lowest BCUT2D eigenvalue weighted by Gasteiger charge is -2.43. The molecule has 0 bridgehead atoms. The van der Waals surface area contributed by atoms with Gasteiger partial charge in [-0.2, -0.15) is 0 Å². The van der Waals surface area contributed by atoms with Crippen molar-refractivity contribution < 1.29 is 0 Å². The predicted octanol–water partition coefficient (Wildman–Crippen LogP) is 4.67. The van der Waals surface area contributed by atoms with Crippen molar-refractivity contribution in [3.63, 3.8) is 0 Å². The molecule has 0 spiro atoms. The number of rotatable bonds is 0. The number of hydrogen-bond donors (Lipinski definition) is 0. The first-order chi connectivity index (χ1) is 15.2. The van der Waals surface area contributed by atoms with Crippen molar-refractivity contribution in [3.05, 3.63) is 91.0 Å². The first-order valence-electron chi connectivity index (χ1n) is 10.9. The van der Waals surface area contributed by atoms with Crippen LogP contribution in [0.2, 0.25) is 0 Å². The zero-order valence-corrected chi connectivity index (χ0v) is 17.6. The molecule has 2 aliphatic rings. The molecule has 0 N–H and O–H groups in total. The molecular formula is C28H21BN2. The van der Waals surface area contributed by atoms with E-state index in [1.54, 1.807) is 0 Å². The third-order valence-electron chi connectivity index (χ3n) is 7.21. The average molecular weight is 396 g/mol. The second kappa shape index (κ2) is 5.92. The smallest absolute Gasteiger partial charge is 0.252 e. The van der Waals surface area contributed by atoms with Crippen LogP contribution in [0.15, 0.2) is 91.0 Å². The van der Waals surface area contributed by atoms with Crippen LogP contribution in [0.1, 0.15) is 0 Å². The minimum atomic E-state index is 0.234. The fraction of sp³-hybridized carbons (Fsp3) is 0.0714. The third-order valence-corrected chi connectivity index (χ3v) is 7.21. The molecule has 2 aliphatic heterocycles. The molecule has 3 heteroatoms. The largest absolute Gasteiger partial charge is 0.345 e. The van der Waals surface area contributed by atoms with Gasteiger partial charge in [0.2, 0.25) is 0 Å². The Bertz CT molecular complexity index is 1540. The first kappa shape index (κ1) is 17.0. The van der Waals surface area contributed by atoms with Crippen molar-refractivity contribution >= 4 is 67.4 Å². The summed E-state index contributed by atoms with van der Waals surface area (Å²) in [5.74, 6) is 0. The van der Waals surface area contributed by atoms with E-state index in [1.165, 1.54) is 60.7 Å². The summed E-state index contributed by atoms with van der Waals surface area (Å²) in [6.45, 7) is 0.234. The summed E-state index contributed by atoms with van der Waals surface area (Å²) < 4.78 is 0. The molecule has 5 aromatic carbocycles. The van der Waals surface area contributed by atoms with E-state index >= 15 is 0 Å². The fourth-order valence-corrected chi connectivity index (χ4v) is 5.89. The molecule has 0 fully saturated rings. The van der Waals surface area contributed by atoms with E-state index in [2.05, 4.69) is 115 Å². The average Bonchev–Trinajstić information content (AvgIpc) is 2.82. The molecule has 0 atom stereocenters. The molecule has 0 radical (unpaired) electrons. The van der Waals surface area contributed by atoms with E-state index in [1.807, 2.05) is 0 Å². The molecule has 0 saturated carbocycles. The summed E-state index contributed by atoms with van der Waals surface area (Å²) >= 11 is 0. The zero-order chi connectivity index (χ0) is 20.7. The maximum Gasteiger partial charge on any atom is 0.252 e. The normalized spacial score (nSPS) is 13.9. The van der Waals surface area contributed by atoms with Gasteiger partial charge in [0.1, 0.15) is 0 Å². The summed E-state index contributed by atoms with van der Waals surface area (Å²) in [6, 6.07) is 33.5. The summed E-state index contributed by atoms with van der Waals surface area (Å²) in [5.41, 5.74) is 9.48. The molecule has 0 aliphatic carbocycles. The van der Waals surface area contributed by atoms with Gasteiger partial charge in [-0.05, 0) is 39.3 Å². The number of hydrogen-bond acceptors (Lipinski definition) is 2. The highest BCUT2D eigenvalue weighted by molar-refractivity contribution is 7.00. The van der Waals surface area contributed by atoms with E-state index in [9.17, 15) is 0 Å². The van der Waals surface area contributed by atoms with Crippen molar-refractivity contribution in [1.82, 2.24) is 0 Å². The summed E-state index contributed by atoms with van der Waals surface area (Å²) in [7, 11) is 4.44. The van der Waals surface area contributed by atoms with Crippen molar-refractivity contribution in [2.45, 2.75) is 0 Å². The van der Waals surface area contributed by atoms with Gasteiger partial charge in [0.15, 0.2) is 0 Å². The minimum Gasteiger partial charge on any atom is -0.345 e. The lowest BCUT2D eigenvalue weighted by molar-refractivity contribution is 1.20. The number of anilines is 4. The molecular weight excluding hydrogens is 375 g/mol. The standard InChI is InChI=1S/C28H21BN2/c1-30-24-14-8-7-13-22(24)29-23-16-15-18-9-3-5-11-20(18)27(23)31(2)28-21-12-6-4-10-19(21)17-25(30)26(28)29/h3-17H,1-2H3. The molecule has 31 heavy (non-hydrogen) atoms. The lowest BCUT2D eigenvalue weighted by Crippen LogP contribution is -2.61. The van der Waals surface area contributed by atoms with Crippen LogP contribution < -0.4 is 26.2 Å². The van der Waals surface area contributed by atoms with Crippen molar-refractivity contribution in [1.29, 1.82) is 0 Å². The first-order valence-corrected chi connectivity index (χ1v) is 10.9. The second-order valence-electron chi connectivity index (χ2n) is 8.71. The van der Waals surface area contributed by atoms with Crippen LogP contribution in [-0.2, 0) is 0 Å². The third kappa shape index (κ3) is 2.08. The number of nitrogens with zero attached hydrogens (tertiary/aromatic N) is 2. The molecule has 146 valence electrons. The van der Waals surface area contributed by atoms with Crippen molar-refractivity contribution in [3.8, 4) is 0 Å². The zero-order valence-electron chi connectivity index (χ0n) is 17.6. The van der Waals surface area contributed by atoms with Crippen LogP contribution in [0.5, 0.6) is 0 Å². The van der Waals surface area contributed by atoms with Gasteiger partial charge < -0.3 is 9.80 Å². The molecule has 0 aromatic heterocycles. The Balaban J connectivity index is 1.70. The maximum atomic E-state index is 2.44. The highest BCUT2D eigenvalue weighted by atomic mass is 15.1. The Morgan fingerprint density at radius 1 is 0.548 bits per heavy atom. The van der Waals surface area contributed by atoms with Crippen LogP contribution in [0, 0.1) is 0 Å². The molecule has 2 heterocycles. The topological polar surface area (TPSA) is 6.48 Å². The minimum absolute atomic E-state index is 0.234. The molecule has 7 rings (SSSR count). The molecule has 0 unspecified atom stereocenters. The summed E-state index contributed by atoms with van der Waals surface area (Å²) in [4.78, 5) is 4.81. The maximum absolute atomic E-state index is 2.44. The van der Waals surface area contributed by atoms with Crippen LogP contribution in [-0.4, -0.2) is 20.8 Å². The molecule has 0 amide bonds. The molecule has 5 aromatic rings. The highest BCUT2D eigenvalue weighted by Gasteiger charge is 2.41. The van der Waals surface area contributed by atoms with Gasteiger partial charge in [-0.25, -0.2) is 0 Å². The number of fused-ring (bicyclic) bond motifs is 8. The Labute approximate surface area is 182 Å². The summed E-state index contributed by atoms with van der Waals surface area (Å²) in [6.07, 6.45) is 0. The Morgan fingerprint density at radius 3 is 2.06 bits per heavy atom. The Morgan fingerprint density at radius 2 is 1.23 bits per heavy atom. The lowest BCUT2D eigenvalue weighted by atomic mass is 9.33. The van der Waals surface area contributed by atoms with Gasteiger partial charge in [-0.3, -0.25) is 0 Å². The van der Waals surface area contributed by atoms with Gasteiger partial charge in [0.05, 0.1) is 0 Å². The fourth-order valence-electron chi connectivity index (χ4n) is 5.89. The Kier molecular flexibility index (Phi) is 3.25. The van der Waals surface area contributed by atoms with Crippen LogP contribution in [0.4, 0.5) is 22.7 Å². The number of para-hydroxylation sites is 1. The van der Waals surface area contributed by atoms with E-state index in [-0.39, 0.29) is 6.71 Å². The van der Waals surface area contributed by atoms with E-state index in [0.717, 1.165) is 0 Å². The van der Waals surface area contributed by atoms with Crippen molar-refractivity contribution in [2.24, 2.45) is 0 Å². The summed E-state index contributed by atoms with van der Waals surface area (Å²) in [5, 5.41) is 5.22. The highest BCUT2D eigenvalue weighted by Crippen LogP contribution is 2.42. The van der Waals surface area contributed by atoms with Crippen molar-refractivity contribution in [2.75, 3.05) is 23.9 Å². The van der Waals surface area contributed by atoms with E-state index < -0.39 is 0 Å². The SMILES string of the molecule is CN1c2ccccc2B2c3ccc4ccccc4c3N(C)c3c2c1cc1ccccc31. The Hall–Kier alpha value is -3.72. The van der Waals surface area contributed by atoms with E-state index in [0.29, 0.717) is 0 Å². The molecule has 2 nitrogen and oxygen atoms in total. The second-order valence-corrected chi connectivity index (χ2v) is 8.71. The van der Waals surface area contributed by atoms with Gasteiger partial charge >= 0.3 is 0 Å². The van der Waals surface area contributed by atoms with Gasteiger partial charge in [-0.15, -0.1) is 0 Å². The molecule has 0 saturated heterocycles. The predicted molar refractivity (Wildman–Crippen MR) is 135 cm³/mol. The quantitative estimate of drug-likeness (QED) is 0.351. The van der Waals surface area contributed by atoms with Gasteiger partial charge in [0.25, 0.3) is 6.71 Å². The van der Waals surface area contributed by atoms with Crippen LogP contribution in [0.3, 0.4) is 0 Å². The van der Waals surface area contributed by atoms with Crippen LogP contribution >= 0.6 is 0 Å².